The molecule has 1 amide bonds. The molecule has 2 rings (SSSR count). The zero-order valence-electron chi connectivity index (χ0n) is 15.4. The normalized spacial score (nSPS) is 11.3. The number of nitrogens with one attached hydrogen (secondary N) is 1. The molecule has 9 heteroatoms. The van der Waals surface area contributed by atoms with Gasteiger partial charge in [0, 0.05) is 15.6 Å². The summed E-state index contributed by atoms with van der Waals surface area (Å²) < 4.78 is 50.0. The summed E-state index contributed by atoms with van der Waals surface area (Å²) in [4.78, 5) is 12.1. The first-order valence-corrected chi connectivity index (χ1v) is 9.26. The lowest BCUT2D eigenvalue weighted by Gasteiger charge is -2.12. The molecule has 0 aliphatic rings. The maximum Gasteiger partial charge on any atom is 0.416 e. The molecule has 0 bridgehead atoms. The van der Waals surface area contributed by atoms with Gasteiger partial charge in [-0.2, -0.15) is 18.3 Å². The Morgan fingerprint density at radius 1 is 1.24 bits per heavy atom. The molecule has 154 valence electrons. The van der Waals surface area contributed by atoms with E-state index in [-0.39, 0.29) is 5.56 Å². The molecule has 0 heterocycles. The van der Waals surface area contributed by atoms with Crippen LogP contribution in [0, 0.1) is 0 Å². The van der Waals surface area contributed by atoms with Crippen molar-refractivity contribution >= 4 is 28.1 Å². The number of benzene rings is 2. The van der Waals surface area contributed by atoms with Crippen LogP contribution in [0.3, 0.4) is 0 Å². The second-order valence-electron chi connectivity index (χ2n) is 5.63. The first kappa shape index (κ1) is 22.5. The van der Waals surface area contributed by atoms with E-state index in [9.17, 15) is 18.0 Å². The van der Waals surface area contributed by atoms with Crippen LogP contribution in [0.25, 0.3) is 0 Å². The summed E-state index contributed by atoms with van der Waals surface area (Å²) in [7, 11) is 0. The van der Waals surface area contributed by atoms with Crippen LogP contribution >= 0.6 is 15.9 Å². The third-order valence-electron chi connectivity index (χ3n) is 3.54. The van der Waals surface area contributed by atoms with E-state index in [1.54, 1.807) is 18.2 Å². The highest BCUT2D eigenvalue weighted by Gasteiger charge is 2.30. The van der Waals surface area contributed by atoms with Gasteiger partial charge in [-0.1, -0.05) is 18.7 Å². The number of carbonyl (C=O) groups is 1. The average Bonchev–Trinajstić information content (AvgIpc) is 2.68. The van der Waals surface area contributed by atoms with Crippen LogP contribution in [0.15, 0.2) is 58.6 Å². The fourth-order valence-corrected chi connectivity index (χ4v) is 2.67. The van der Waals surface area contributed by atoms with Gasteiger partial charge in [0.15, 0.2) is 11.5 Å². The summed E-state index contributed by atoms with van der Waals surface area (Å²) >= 11 is 3.38. The molecule has 0 fully saturated rings. The first-order chi connectivity index (χ1) is 13.8. The predicted octanol–water partition coefficient (Wildman–Crippen LogP) is 5.20. The Kier molecular flexibility index (Phi) is 7.83. The first-order valence-electron chi connectivity index (χ1n) is 8.47. The van der Waals surface area contributed by atoms with Gasteiger partial charge in [-0.25, -0.2) is 5.43 Å². The molecule has 0 radical (unpaired) electrons. The van der Waals surface area contributed by atoms with E-state index < -0.39 is 17.6 Å². The van der Waals surface area contributed by atoms with E-state index >= 15 is 0 Å². The second kappa shape index (κ2) is 10.1. The van der Waals surface area contributed by atoms with Gasteiger partial charge in [-0.3, -0.25) is 4.79 Å². The third kappa shape index (κ3) is 6.35. The molecular weight excluding hydrogens is 453 g/mol. The molecule has 29 heavy (non-hydrogen) atoms. The molecule has 0 aliphatic heterocycles. The quantitative estimate of drug-likeness (QED) is 0.327. The summed E-state index contributed by atoms with van der Waals surface area (Å²) in [5, 5.41) is 3.82. The molecule has 0 saturated carbocycles. The number of alkyl halides is 3. The molecule has 2 aromatic carbocycles. The van der Waals surface area contributed by atoms with Crippen molar-refractivity contribution in [2.24, 2.45) is 5.10 Å². The Morgan fingerprint density at radius 2 is 1.97 bits per heavy atom. The van der Waals surface area contributed by atoms with Gasteiger partial charge in [0.2, 0.25) is 0 Å². The van der Waals surface area contributed by atoms with Gasteiger partial charge < -0.3 is 9.47 Å². The summed E-state index contributed by atoms with van der Waals surface area (Å²) in [5.74, 6) is 0.214. The highest BCUT2D eigenvalue weighted by molar-refractivity contribution is 9.10. The fraction of sp³-hybridized carbons (Fsp3) is 0.200. The third-order valence-corrected chi connectivity index (χ3v) is 4.23. The van der Waals surface area contributed by atoms with E-state index in [4.69, 9.17) is 9.47 Å². The van der Waals surface area contributed by atoms with E-state index in [1.165, 1.54) is 12.3 Å². The van der Waals surface area contributed by atoms with Gasteiger partial charge >= 0.3 is 6.18 Å². The minimum absolute atomic E-state index is 0.154. The Balaban J connectivity index is 2.16. The molecular formula is C20H18BrF3N2O3. The number of halogens is 4. The van der Waals surface area contributed by atoms with Crippen LogP contribution in [0.5, 0.6) is 11.5 Å². The van der Waals surface area contributed by atoms with Crippen molar-refractivity contribution in [3.05, 3.63) is 70.2 Å². The number of hydrazone groups is 1. The summed E-state index contributed by atoms with van der Waals surface area (Å²) in [6.07, 6.45) is -1.59. The number of carbonyl (C=O) groups excluding carboxylic acids is 1. The number of hydrogen-bond donors (Lipinski definition) is 1. The van der Waals surface area contributed by atoms with E-state index in [2.05, 4.69) is 33.0 Å². The minimum Gasteiger partial charge on any atom is -0.490 e. The summed E-state index contributed by atoms with van der Waals surface area (Å²) in [6, 6.07) is 7.43. The Labute approximate surface area is 174 Å². The molecule has 1 N–H and O–H groups in total. The molecule has 0 spiro atoms. The molecule has 2 aromatic rings. The second-order valence-corrected chi connectivity index (χ2v) is 6.49. The van der Waals surface area contributed by atoms with Crippen LogP contribution in [0.4, 0.5) is 13.2 Å². The number of hydrogen-bond acceptors (Lipinski definition) is 4. The van der Waals surface area contributed by atoms with E-state index in [1.807, 2.05) is 6.92 Å². The van der Waals surface area contributed by atoms with Crippen LogP contribution in [-0.2, 0) is 6.18 Å². The lowest BCUT2D eigenvalue weighted by molar-refractivity contribution is -0.137. The standard InChI is InChI=1S/C20H18BrF3N2O3/c1-3-8-29-18-11-16(21)14(10-17(18)28-4-2)12-25-26-19(27)13-6-5-7-15(9-13)20(22,23)24/h3,5-7,9-12H,1,4,8H2,2H3,(H,26,27)/b25-12-. The van der Waals surface area contributed by atoms with Gasteiger partial charge in [0.1, 0.15) is 6.61 Å². The zero-order valence-corrected chi connectivity index (χ0v) is 17.0. The van der Waals surface area contributed by atoms with Crippen molar-refractivity contribution in [1.29, 1.82) is 0 Å². The van der Waals surface area contributed by atoms with Crippen LogP contribution in [0.1, 0.15) is 28.4 Å². The summed E-state index contributed by atoms with van der Waals surface area (Å²) in [5.41, 5.74) is 1.72. The van der Waals surface area contributed by atoms with Crippen molar-refractivity contribution in [3.63, 3.8) is 0 Å². The molecule has 0 atom stereocenters. The Hall–Kier alpha value is -2.81. The molecule has 0 aliphatic carbocycles. The highest BCUT2D eigenvalue weighted by atomic mass is 79.9. The van der Waals surface area contributed by atoms with Gasteiger partial charge in [-0.05, 0) is 53.2 Å². The fourth-order valence-electron chi connectivity index (χ4n) is 2.24. The number of nitrogens with zero attached hydrogens (tertiary/aromatic N) is 1. The Morgan fingerprint density at radius 3 is 2.62 bits per heavy atom. The van der Waals surface area contributed by atoms with E-state index in [0.29, 0.717) is 34.7 Å². The van der Waals surface area contributed by atoms with Crippen molar-refractivity contribution < 1.29 is 27.4 Å². The predicted molar refractivity (Wildman–Crippen MR) is 108 cm³/mol. The summed E-state index contributed by atoms with van der Waals surface area (Å²) in [6.45, 7) is 6.12. The average molecular weight is 471 g/mol. The molecule has 5 nitrogen and oxygen atoms in total. The molecule has 0 aromatic heterocycles. The highest BCUT2D eigenvalue weighted by Crippen LogP contribution is 2.33. The lowest BCUT2D eigenvalue weighted by Crippen LogP contribution is -2.18. The largest absolute Gasteiger partial charge is 0.490 e. The van der Waals surface area contributed by atoms with Crippen LogP contribution < -0.4 is 14.9 Å². The van der Waals surface area contributed by atoms with Gasteiger partial charge in [-0.15, -0.1) is 0 Å². The molecule has 0 saturated heterocycles. The Bertz CT molecular complexity index is 914. The van der Waals surface area contributed by atoms with Crippen LogP contribution in [-0.4, -0.2) is 25.3 Å². The maximum atomic E-state index is 12.8. The maximum absolute atomic E-state index is 12.8. The minimum atomic E-state index is -4.53. The SMILES string of the molecule is C=CCOc1cc(Br)c(/C=N\NC(=O)c2cccc(C(F)(F)F)c2)cc1OCC. The topological polar surface area (TPSA) is 59.9 Å². The number of ether oxygens (including phenoxy) is 2. The van der Waals surface area contributed by atoms with Crippen molar-refractivity contribution in [2.75, 3.05) is 13.2 Å². The van der Waals surface area contributed by atoms with E-state index in [0.717, 1.165) is 18.2 Å². The number of amides is 1. The van der Waals surface area contributed by atoms with Crippen molar-refractivity contribution in [3.8, 4) is 11.5 Å². The van der Waals surface area contributed by atoms with Crippen molar-refractivity contribution in [1.82, 2.24) is 5.43 Å². The zero-order chi connectivity index (χ0) is 21.4. The number of rotatable bonds is 8. The van der Waals surface area contributed by atoms with Crippen molar-refractivity contribution in [2.45, 2.75) is 13.1 Å². The lowest BCUT2D eigenvalue weighted by atomic mass is 10.1. The van der Waals surface area contributed by atoms with Gasteiger partial charge in [0.25, 0.3) is 5.91 Å². The van der Waals surface area contributed by atoms with Gasteiger partial charge in [0.05, 0.1) is 18.4 Å². The monoisotopic (exact) mass is 470 g/mol. The molecule has 0 unspecified atom stereocenters. The van der Waals surface area contributed by atoms with Crippen LogP contribution in [0.2, 0.25) is 0 Å². The smallest absolute Gasteiger partial charge is 0.416 e.